The predicted octanol–water partition coefficient (Wildman–Crippen LogP) is 6.00. The van der Waals surface area contributed by atoms with E-state index in [1.54, 1.807) is 35.3 Å². The average Bonchev–Trinajstić information content (AvgIpc) is 3.00. The number of amides is 1. The number of hydrogen-bond donors (Lipinski definition) is 0. The number of halogens is 2. The molecule has 0 aromatic heterocycles. The molecule has 0 aliphatic carbocycles. The summed E-state index contributed by atoms with van der Waals surface area (Å²) < 4.78 is 32.8. The Bertz CT molecular complexity index is 975. The lowest BCUT2D eigenvalue weighted by atomic mass is 10.1. The summed E-state index contributed by atoms with van der Waals surface area (Å²) in [5.74, 6) is -0.909. The molecule has 0 N–H and O–H groups in total. The monoisotopic (exact) mass is 407 g/mol. The molecule has 0 saturated heterocycles. The van der Waals surface area contributed by atoms with Gasteiger partial charge < -0.3 is 9.64 Å². The van der Waals surface area contributed by atoms with E-state index in [2.05, 4.69) is 13.2 Å². The number of rotatable bonds is 9. The lowest BCUT2D eigenvalue weighted by Gasteiger charge is -2.21. The fourth-order valence-electron chi connectivity index (χ4n) is 3.29. The minimum atomic E-state index is -0.444. The SMILES string of the molecule is C=C/C(F)=C\C=C/CC(OCCN1C(=C)c2ccccc2C1=O)c1cccc(F)c1. The summed E-state index contributed by atoms with van der Waals surface area (Å²) in [5.41, 5.74) is 2.76. The van der Waals surface area contributed by atoms with Gasteiger partial charge >= 0.3 is 0 Å². The molecular weight excluding hydrogens is 384 g/mol. The first-order valence-electron chi connectivity index (χ1n) is 9.63. The normalized spacial score (nSPS) is 15.0. The van der Waals surface area contributed by atoms with Crippen LogP contribution in [0.3, 0.4) is 0 Å². The number of carbonyl (C=O) groups is 1. The molecule has 2 aromatic carbocycles. The number of nitrogens with zero attached hydrogens (tertiary/aromatic N) is 1. The summed E-state index contributed by atoms with van der Waals surface area (Å²) in [6.45, 7) is 7.94. The van der Waals surface area contributed by atoms with Gasteiger partial charge in [-0.1, -0.05) is 55.6 Å². The first kappa shape index (κ1) is 21.4. The first-order valence-corrected chi connectivity index (χ1v) is 9.63. The largest absolute Gasteiger partial charge is 0.371 e. The Kier molecular flexibility index (Phi) is 7.09. The summed E-state index contributed by atoms with van der Waals surface area (Å²) in [7, 11) is 0. The predicted molar refractivity (Wildman–Crippen MR) is 115 cm³/mol. The van der Waals surface area contributed by atoms with Crippen LogP contribution in [0.5, 0.6) is 0 Å². The molecule has 1 aliphatic heterocycles. The highest BCUT2D eigenvalue weighted by Gasteiger charge is 2.30. The van der Waals surface area contributed by atoms with Crippen LogP contribution in [-0.2, 0) is 4.74 Å². The van der Waals surface area contributed by atoms with Crippen molar-refractivity contribution in [2.75, 3.05) is 13.2 Å². The third-order valence-corrected chi connectivity index (χ3v) is 4.83. The lowest BCUT2D eigenvalue weighted by Crippen LogP contribution is -2.27. The minimum absolute atomic E-state index is 0.105. The van der Waals surface area contributed by atoms with Gasteiger partial charge in [-0.25, -0.2) is 8.78 Å². The summed E-state index contributed by atoms with van der Waals surface area (Å²) >= 11 is 0. The van der Waals surface area contributed by atoms with Gasteiger partial charge in [-0.3, -0.25) is 4.79 Å². The second-order valence-corrected chi connectivity index (χ2v) is 6.78. The molecule has 2 aromatic rings. The first-order chi connectivity index (χ1) is 14.5. The maximum atomic E-state index is 13.7. The van der Waals surface area contributed by atoms with Crippen LogP contribution in [0.1, 0.15) is 34.0 Å². The molecule has 5 heteroatoms. The van der Waals surface area contributed by atoms with E-state index in [1.807, 2.05) is 18.2 Å². The highest BCUT2D eigenvalue weighted by molar-refractivity contribution is 6.08. The van der Waals surface area contributed by atoms with Crippen LogP contribution in [0.2, 0.25) is 0 Å². The van der Waals surface area contributed by atoms with E-state index in [1.165, 1.54) is 18.2 Å². The molecular formula is C25H23F2NO2. The topological polar surface area (TPSA) is 29.5 Å². The van der Waals surface area contributed by atoms with Gasteiger partial charge in [-0.15, -0.1) is 0 Å². The highest BCUT2D eigenvalue weighted by atomic mass is 19.1. The number of carbonyl (C=O) groups excluding carboxylic acids is 1. The molecule has 1 atom stereocenters. The summed E-state index contributed by atoms with van der Waals surface area (Å²) in [6.07, 6.45) is 5.69. The molecule has 3 rings (SSSR count). The van der Waals surface area contributed by atoms with Gasteiger partial charge in [0.15, 0.2) is 0 Å². The van der Waals surface area contributed by atoms with E-state index in [4.69, 9.17) is 4.74 Å². The molecule has 0 spiro atoms. The fraction of sp³-hybridized carbons (Fsp3) is 0.160. The summed E-state index contributed by atoms with van der Waals surface area (Å²) in [4.78, 5) is 14.2. The second kappa shape index (κ2) is 9.94. The Morgan fingerprint density at radius 1 is 1.17 bits per heavy atom. The molecule has 3 nitrogen and oxygen atoms in total. The highest BCUT2D eigenvalue weighted by Crippen LogP contribution is 2.31. The van der Waals surface area contributed by atoms with Crippen LogP contribution in [0.15, 0.2) is 91.8 Å². The van der Waals surface area contributed by atoms with Crippen molar-refractivity contribution in [2.24, 2.45) is 0 Å². The zero-order valence-corrected chi connectivity index (χ0v) is 16.6. The zero-order chi connectivity index (χ0) is 21.5. The third kappa shape index (κ3) is 4.99. The van der Waals surface area contributed by atoms with Gasteiger partial charge in [0.1, 0.15) is 11.6 Å². The molecule has 0 saturated carbocycles. The molecule has 1 heterocycles. The third-order valence-electron chi connectivity index (χ3n) is 4.83. The van der Waals surface area contributed by atoms with Crippen molar-refractivity contribution >= 4 is 11.6 Å². The molecule has 1 amide bonds. The number of benzene rings is 2. The van der Waals surface area contributed by atoms with Crippen LogP contribution < -0.4 is 0 Å². The molecule has 30 heavy (non-hydrogen) atoms. The molecule has 154 valence electrons. The van der Waals surface area contributed by atoms with Gasteiger partial charge in [0.05, 0.1) is 12.7 Å². The van der Waals surface area contributed by atoms with E-state index in [9.17, 15) is 13.6 Å². The van der Waals surface area contributed by atoms with Crippen molar-refractivity contribution in [1.29, 1.82) is 0 Å². The quantitative estimate of drug-likeness (QED) is 0.478. The van der Waals surface area contributed by atoms with Crippen LogP contribution in [-0.4, -0.2) is 24.0 Å². The Morgan fingerprint density at radius 2 is 1.93 bits per heavy atom. The van der Waals surface area contributed by atoms with Crippen molar-refractivity contribution in [1.82, 2.24) is 4.90 Å². The average molecular weight is 407 g/mol. The van der Waals surface area contributed by atoms with Crippen LogP contribution in [0.4, 0.5) is 8.78 Å². The van der Waals surface area contributed by atoms with Crippen molar-refractivity contribution in [3.63, 3.8) is 0 Å². The molecule has 1 unspecified atom stereocenters. The number of allylic oxidation sites excluding steroid dienone is 4. The van der Waals surface area contributed by atoms with Crippen molar-refractivity contribution in [3.05, 3.63) is 114 Å². The summed E-state index contributed by atoms with van der Waals surface area (Å²) in [5, 5.41) is 0. The molecule has 1 aliphatic rings. The number of fused-ring (bicyclic) bond motifs is 1. The standard InChI is InChI=1S/C25H23F2NO2/c1-3-20(26)10-4-7-14-24(19-9-8-11-21(27)17-19)30-16-15-28-18(2)22-12-5-6-13-23(22)25(28)29/h3-13,17,24H,1-2,14-16H2/b7-4-,20-10+. The van der Waals surface area contributed by atoms with Gasteiger partial charge in [-0.2, -0.15) is 0 Å². The Balaban J connectivity index is 1.66. The van der Waals surface area contributed by atoms with E-state index in [0.717, 1.165) is 11.6 Å². The summed E-state index contributed by atoms with van der Waals surface area (Å²) in [6, 6.07) is 13.5. The van der Waals surface area contributed by atoms with E-state index in [-0.39, 0.29) is 18.3 Å². The minimum Gasteiger partial charge on any atom is -0.371 e. The molecule has 0 radical (unpaired) electrons. The maximum absolute atomic E-state index is 13.7. The Morgan fingerprint density at radius 3 is 2.63 bits per heavy atom. The Labute approximate surface area is 175 Å². The van der Waals surface area contributed by atoms with Gasteiger partial charge in [-0.05, 0) is 42.3 Å². The molecule has 0 bridgehead atoms. The van der Waals surface area contributed by atoms with E-state index < -0.39 is 11.9 Å². The van der Waals surface area contributed by atoms with Gasteiger partial charge in [0, 0.05) is 23.4 Å². The lowest BCUT2D eigenvalue weighted by molar-refractivity contribution is 0.0432. The van der Waals surface area contributed by atoms with Gasteiger partial charge in [0.2, 0.25) is 0 Å². The smallest absolute Gasteiger partial charge is 0.259 e. The number of ether oxygens (including phenoxy) is 1. The van der Waals surface area contributed by atoms with Crippen molar-refractivity contribution in [3.8, 4) is 0 Å². The van der Waals surface area contributed by atoms with E-state index in [0.29, 0.717) is 29.8 Å². The van der Waals surface area contributed by atoms with Crippen LogP contribution in [0, 0.1) is 5.82 Å². The molecule has 0 fully saturated rings. The van der Waals surface area contributed by atoms with Crippen LogP contribution >= 0.6 is 0 Å². The van der Waals surface area contributed by atoms with Gasteiger partial charge in [0.25, 0.3) is 5.91 Å². The number of hydrogen-bond acceptors (Lipinski definition) is 2. The fourth-order valence-corrected chi connectivity index (χ4v) is 3.29. The second-order valence-electron chi connectivity index (χ2n) is 6.78. The van der Waals surface area contributed by atoms with Crippen molar-refractivity contribution in [2.45, 2.75) is 12.5 Å². The Hall–Kier alpha value is -3.31. The zero-order valence-electron chi connectivity index (χ0n) is 16.6. The maximum Gasteiger partial charge on any atom is 0.259 e. The van der Waals surface area contributed by atoms with E-state index >= 15 is 0 Å². The van der Waals surface area contributed by atoms with Crippen LogP contribution in [0.25, 0.3) is 5.70 Å². The van der Waals surface area contributed by atoms with Crippen molar-refractivity contribution < 1.29 is 18.3 Å².